The minimum Gasteiger partial charge on any atom is -0.182 e. The van der Waals surface area contributed by atoms with Gasteiger partial charge in [-0.2, -0.15) is 8.57 Å². The molecule has 1 rings (SSSR count). The van der Waals surface area contributed by atoms with Crippen molar-refractivity contribution in [2.24, 2.45) is 4.36 Å². The van der Waals surface area contributed by atoms with E-state index in [4.69, 9.17) is 0 Å². The molecule has 0 aromatic heterocycles. The quantitative estimate of drug-likeness (QED) is 0.565. The molecule has 0 saturated carbocycles. The minimum absolute atomic E-state index is 0.0548. The fourth-order valence-corrected chi connectivity index (χ4v) is 1.44. The molecule has 14 heavy (non-hydrogen) atoms. The Balaban J connectivity index is 2.34. The largest absolute Gasteiger partial charge is 0.366 e. The van der Waals surface area contributed by atoms with Gasteiger partial charge in [0.15, 0.2) is 0 Å². The van der Waals surface area contributed by atoms with Crippen LogP contribution in [0.2, 0.25) is 0 Å². The van der Waals surface area contributed by atoms with Gasteiger partial charge in [-0.05, 0) is 18.4 Å². The molecule has 0 bridgehead atoms. The summed E-state index contributed by atoms with van der Waals surface area (Å²) in [5, 5.41) is 0. The van der Waals surface area contributed by atoms with Crippen LogP contribution in [-0.2, 0) is 16.9 Å². The molecule has 0 radical (unpaired) electrons. The van der Waals surface area contributed by atoms with E-state index in [1.165, 1.54) is 0 Å². The van der Waals surface area contributed by atoms with Crippen molar-refractivity contribution < 1.29 is 12.0 Å². The standard InChI is InChI=1S/C9H11F2NOS/c10-14(11,13)12-8-4-7-9-5-2-1-3-6-9/h1-3,5-6H,4,7-8H2. The highest BCUT2D eigenvalue weighted by Crippen LogP contribution is 2.04. The van der Waals surface area contributed by atoms with Crippen molar-refractivity contribution in [3.05, 3.63) is 35.9 Å². The van der Waals surface area contributed by atoms with E-state index in [1.807, 2.05) is 30.3 Å². The van der Waals surface area contributed by atoms with Crippen LogP contribution in [0, 0.1) is 0 Å². The highest BCUT2D eigenvalue weighted by atomic mass is 32.3. The molecule has 0 spiro atoms. The molecule has 1 aromatic carbocycles. The van der Waals surface area contributed by atoms with Gasteiger partial charge in [0, 0.05) is 0 Å². The van der Waals surface area contributed by atoms with Crippen LogP contribution in [0.4, 0.5) is 7.77 Å². The van der Waals surface area contributed by atoms with Crippen molar-refractivity contribution in [2.75, 3.05) is 6.54 Å². The molecule has 0 fully saturated rings. The van der Waals surface area contributed by atoms with Crippen molar-refractivity contribution in [3.8, 4) is 0 Å². The molecular formula is C9H11F2NOS. The molecule has 0 amide bonds. The monoisotopic (exact) mass is 219 g/mol. The first-order valence-electron chi connectivity index (χ1n) is 4.24. The van der Waals surface area contributed by atoms with Crippen molar-refractivity contribution in [2.45, 2.75) is 12.8 Å². The van der Waals surface area contributed by atoms with E-state index >= 15 is 0 Å². The first kappa shape index (κ1) is 11.1. The molecule has 0 aliphatic rings. The number of hydrogen-bond acceptors (Lipinski definition) is 2. The van der Waals surface area contributed by atoms with Crippen LogP contribution in [0.1, 0.15) is 12.0 Å². The summed E-state index contributed by atoms with van der Waals surface area (Å²) in [5.41, 5.74) is 1.08. The summed E-state index contributed by atoms with van der Waals surface area (Å²) in [6, 6.07) is 9.51. The molecule has 0 N–H and O–H groups in total. The van der Waals surface area contributed by atoms with Gasteiger partial charge in [0.1, 0.15) is 0 Å². The Morgan fingerprint density at radius 3 is 2.43 bits per heavy atom. The Morgan fingerprint density at radius 2 is 1.86 bits per heavy atom. The second kappa shape index (κ2) is 5.05. The van der Waals surface area contributed by atoms with Gasteiger partial charge in [-0.15, -0.1) is 0 Å². The summed E-state index contributed by atoms with van der Waals surface area (Å²) in [6.07, 6.45) is 1.18. The number of halogens is 2. The third-order valence-corrected chi connectivity index (χ3v) is 2.19. The summed E-state index contributed by atoms with van der Waals surface area (Å²) < 4.78 is 36.3. The van der Waals surface area contributed by atoms with Gasteiger partial charge >= 0.3 is 10.5 Å². The van der Waals surface area contributed by atoms with Gasteiger partial charge in [0.25, 0.3) is 0 Å². The number of aryl methyl sites for hydroxylation is 1. The van der Waals surface area contributed by atoms with E-state index in [0.717, 1.165) is 5.56 Å². The number of hydrogen-bond donors (Lipinski definition) is 0. The van der Waals surface area contributed by atoms with Gasteiger partial charge in [-0.1, -0.05) is 38.1 Å². The summed E-state index contributed by atoms with van der Waals surface area (Å²) in [6.45, 7) is -0.0548. The minimum atomic E-state index is -4.90. The molecule has 0 aliphatic carbocycles. The molecular weight excluding hydrogens is 208 g/mol. The fraction of sp³-hybridized carbons (Fsp3) is 0.333. The fourth-order valence-electron chi connectivity index (χ4n) is 1.10. The van der Waals surface area contributed by atoms with Gasteiger partial charge in [-0.3, -0.25) is 0 Å². The molecule has 0 heterocycles. The lowest BCUT2D eigenvalue weighted by molar-refractivity contribution is 0.583. The van der Waals surface area contributed by atoms with E-state index in [2.05, 4.69) is 4.36 Å². The lowest BCUT2D eigenvalue weighted by Gasteiger charge is -1.97. The summed E-state index contributed by atoms with van der Waals surface area (Å²) >= 11 is 0. The zero-order valence-electron chi connectivity index (χ0n) is 7.53. The highest BCUT2D eigenvalue weighted by Gasteiger charge is 1.99. The Labute approximate surface area is 82.7 Å². The van der Waals surface area contributed by atoms with E-state index in [9.17, 15) is 12.0 Å². The molecule has 5 heteroatoms. The van der Waals surface area contributed by atoms with Crippen LogP contribution >= 0.6 is 0 Å². The summed E-state index contributed by atoms with van der Waals surface area (Å²) in [5.74, 6) is 0. The second-order valence-corrected chi connectivity index (χ2v) is 3.89. The van der Waals surface area contributed by atoms with Gasteiger partial charge in [0.2, 0.25) is 0 Å². The molecule has 0 unspecified atom stereocenters. The third-order valence-electron chi connectivity index (χ3n) is 1.71. The van der Waals surface area contributed by atoms with E-state index in [0.29, 0.717) is 12.8 Å². The number of rotatable bonds is 4. The SMILES string of the molecule is O=S(F)(F)=NCCCc1ccccc1. The van der Waals surface area contributed by atoms with Crippen LogP contribution in [0.25, 0.3) is 0 Å². The van der Waals surface area contributed by atoms with Crippen molar-refractivity contribution in [1.29, 1.82) is 0 Å². The topological polar surface area (TPSA) is 29.4 Å². The molecule has 1 aromatic rings. The second-order valence-electron chi connectivity index (χ2n) is 2.84. The molecule has 0 atom stereocenters. The predicted molar refractivity (Wildman–Crippen MR) is 52.4 cm³/mol. The van der Waals surface area contributed by atoms with Crippen molar-refractivity contribution in [1.82, 2.24) is 0 Å². The zero-order valence-corrected chi connectivity index (χ0v) is 8.34. The Bertz CT molecular complexity index is 377. The number of nitrogens with zero attached hydrogens (tertiary/aromatic N) is 1. The van der Waals surface area contributed by atoms with E-state index in [1.54, 1.807) is 0 Å². The maximum atomic E-state index is 11.8. The van der Waals surface area contributed by atoms with E-state index < -0.39 is 10.5 Å². The smallest absolute Gasteiger partial charge is 0.182 e. The highest BCUT2D eigenvalue weighted by molar-refractivity contribution is 7.83. The Kier molecular flexibility index (Phi) is 4.00. The maximum Gasteiger partial charge on any atom is 0.366 e. The maximum absolute atomic E-state index is 11.8. The first-order chi connectivity index (χ1) is 6.58. The predicted octanol–water partition coefficient (Wildman–Crippen LogP) is 2.86. The molecule has 78 valence electrons. The van der Waals surface area contributed by atoms with Crippen molar-refractivity contribution >= 4 is 10.5 Å². The van der Waals surface area contributed by atoms with Crippen LogP contribution < -0.4 is 0 Å². The summed E-state index contributed by atoms with van der Waals surface area (Å²) in [7, 11) is -4.90. The van der Waals surface area contributed by atoms with Crippen LogP contribution in [-0.4, -0.2) is 10.8 Å². The van der Waals surface area contributed by atoms with Crippen LogP contribution in [0.3, 0.4) is 0 Å². The van der Waals surface area contributed by atoms with Crippen LogP contribution in [0.15, 0.2) is 34.7 Å². The normalized spacial score (nSPS) is 11.3. The number of benzene rings is 1. The van der Waals surface area contributed by atoms with Gasteiger partial charge in [0.05, 0.1) is 6.54 Å². The van der Waals surface area contributed by atoms with Gasteiger partial charge < -0.3 is 0 Å². The van der Waals surface area contributed by atoms with Crippen LogP contribution in [0.5, 0.6) is 0 Å². The lowest BCUT2D eigenvalue weighted by atomic mass is 10.1. The first-order valence-corrected chi connectivity index (χ1v) is 5.55. The molecule has 2 nitrogen and oxygen atoms in total. The molecule has 0 aliphatic heterocycles. The average molecular weight is 219 g/mol. The zero-order chi connectivity index (χ0) is 10.4. The third kappa shape index (κ3) is 4.91. The van der Waals surface area contributed by atoms with Crippen molar-refractivity contribution in [3.63, 3.8) is 0 Å². The Hall–Kier alpha value is -0.970. The average Bonchev–Trinajstić information content (AvgIpc) is 2.13. The summed E-state index contributed by atoms with van der Waals surface area (Å²) in [4.78, 5) is 0. The van der Waals surface area contributed by atoms with Gasteiger partial charge in [-0.25, -0.2) is 0 Å². The lowest BCUT2D eigenvalue weighted by Crippen LogP contribution is -1.89. The molecule has 0 saturated heterocycles. The Morgan fingerprint density at radius 1 is 1.21 bits per heavy atom. The van der Waals surface area contributed by atoms with E-state index in [-0.39, 0.29) is 6.54 Å².